The Balaban J connectivity index is 2.49. The Kier molecular flexibility index (Phi) is 3.19. The van der Waals surface area contributed by atoms with Crippen molar-refractivity contribution in [1.82, 2.24) is 0 Å². The molecule has 0 saturated heterocycles. The van der Waals surface area contributed by atoms with Gasteiger partial charge in [-0.3, -0.25) is 4.79 Å². The third-order valence-electron chi connectivity index (χ3n) is 2.99. The van der Waals surface area contributed by atoms with Gasteiger partial charge in [0.25, 0.3) is 0 Å². The summed E-state index contributed by atoms with van der Waals surface area (Å²) in [6.07, 6.45) is 0.700. The summed E-state index contributed by atoms with van der Waals surface area (Å²) < 4.78 is 10.7. The molecule has 0 fully saturated rings. The van der Waals surface area contributed by atoms with E-state index >= 15 is 0 Å². The van der Waals surface area contributed by atoms with Crippen LogP contribution in [0.5, 0.6) is 11.5 Å². The van der Waals surface area contributed by atoms with E-state index in [9.17, 15) is 4.79 Å². The summed E-state index contributed by atoms with van der Waals surface area (Å²) in [5, 5.41) is 9.13. The Labute approximate surface area is 99.1 Å². The number of benzene rings is 1. The molecule has 1 aromatic rings. The van der Waals surface area contributed by atoms with Gasteiger partial charge in [0.2, 0.25) is 0 Å². The maximum atomic E-state index is 11.1. The molecular formula is C12H15NO4. The predicted octanol–water partition coefficient (Wildman–Crippen LogP) is 0.757. The molecule has 0 spiro atoms. The van der Waals surface area contributed by atoms with Crippen LogP contribution in [0.2, 0.25) is 0 Å². The predicted molar refractivity (Wildman–Crippen MR) is 61.6 cm³/mol. The third kappa shape index (κ3) is 1.93. The minimum atomic E-state index is -0.910. The highest BCUT2D eigenvalue weighted by Gasteiger charge is 2.27. The fourth-order valence-corrected chi connectivity index (χ4v) is 2.14. The molecule has 1 heterocycles. The summed E-state index contributed by atoms with van der Waals surface area (Å²) in [6, 6.07) is 3.49. The van der Waals surface area contributed by atoms with E-state index in [1.54, 1.807) is 19.2 Å². The summed E-state index contributed by atoms with van der Waals surface area (Å²) in [6.45, 7) is 0.633. The largest absolute Gasteiger partial charge is 0.493 e. The third-order valence-corrected chi connectivity index (χ3v) is 2.99. The molecule has 2 rings (SSSR count). The Bertz CT molecular complexity index is 444. The van der Waals surface area contributed by atoms with Gasteiger partial charge in [0.1, 0.15) is 0 Å². The summed E-state index contributed by atoms with van der Waals surface area (Å²) in [5.74, 6) is -0.296. The second kappa shape index (κ2) is 4.63. The molecule has 3 N–H and O–H groups in total. The van der Waals surface area contributed by atoms with Gasteiger partial charge >= 0.3 is 5.97 Å². The van der Waals surface area contributed by atoms with Crippen LogP contribution in [0.1, 0.15) is 17.0 Å². The van der Waals surface area contributed by atoms with Crippen LogP contribution in [0.4, 0.5) is 0 Å². The zero-order valence-electron chi connectivity index (χ0n) is 9.60. The lowest BCUT2D eigenvalue weighted by molar-refractivity contribution is -0.138. The number of hydrogen-bond donors (Lipinski definition) is 2. The van der Waals surface area contributed by atoms with Gasteiger partial charge in [-0.05, 0) is 11.6 Å². The second-order valence-corrected chi connectivity index (χ2v) is 3.89. The standard InChI is InChI=1S/C12H15NO4/c1-16-10-3-2-7(9(6-13)12(14)15)8-4-5-17-11(8)10/h2-3,9H,4-6,13H2,1H3,(H,14,15). The molecule has 0 radical (unpaired) electrons. The highest BCUT2D eigenvalue weighted by atomic mass is 16.5. The normalized spacial score (nSPS) is 14.9. The average Bonchev–Trinajstić information content (AvgIpc) is 2.78. The van der Waals surface area contributed by atoms with Crippen LogP contribution in [-0.2, 0) is 11.2 Å². The van der Waals surface area contributed by atoms with Gasteiger partial charge in [0, 0.05) is 18.5 Å². The molecule has 1 aliphatic heterocycles. The first-order valence-electron chi connectivity index (χ1n) is 5.44. The van der Waals surface area contributed by atoms with Gasteiger partial charge in [0.15, 0.2) is 11.5 Å². The van der Waals surface area contributed by atoms with Crippen LogP contribution in [0.25, 0.3) is 0 Å². The van der Waals surface area contributed by atoms with Crippen molar-refractivity contribution >= 4 is 5.97 Å². The Morgan fingerprint density at radius 3 is 3.00 bits per heavy atom. The average molecular weight is 237 g/mol. The summed E-state index contributed by atoms with van der Waals surface area (Å²) in [4.78, 5) is 11.1. The molecule has 0 saturated carbocycles. The molecule has 1 aliphatic rings. The van der Waals surface area contributed by atoms with Gasteiger partial charge < -0.3 is 20.3 Å². The number of nitrogens with two attached hydrogens (primary N) is 1. The monoisotopic (exact) mass is 237 g/mol. The van der Waals surface area contributed by atoms with Crippen molar-refractivity contribution in [2.75, 3.05) is 20.3 Å². The van der Waals surface area contributed by atoms with E-state index < -0.39 is 11.9 Å². The SMILES string of the molecule is COc1ccc(C(CN)C(=O)O)c2c1OCC2. The Morgan fingerprint density at radius 1 is 1.65 bits per heavy atom. The van der Waals surface area contributed by atoms with Crippen molar-refractivity contribution in [2.45, 2.75) is 12.3 Å². The molecule has 1 aromatic carbocycles. The Hall–Kier alpha value is -1.75. The van der Waals surface area contributed by atoms with Crippen LogP contribution in [0, 0.1) is 0 Å². The van der Waals surface area contributed by atoms with E-state index in [-0.39, 0.29) is 6.54 Å². The fraction of sp³-hybridized carbons (Fsp3) is 0.417. The number of fused-ring (bicyclic) bond motifs is 1. The number of rotatable bonds is 4. The van der Waals surface area contributed by atoms with Gasteiger partial charge in [-0.2, -0.15) is 0 Å². The lowest BCUT2D eigenvalue weighted by Gasteiger charge is -2.15. The van der Waals surface area contributed by atoms with Crippen LogP contribution in [-0.4, -0.2) is 31.3 Å². The minimum absolute atomic E-state index is 0.0775. The number of carbonyl (C=O) groups is 1. The molecule has 17 heavy (non-hydrogen) atoms. The molecule has 5 nitrogen and oxygen atoms in total. The fourth-order valence-electron chi connectivity index (χ4n) is 2.14. The van der Waals surface area contributed by atoms with Gasteiger partial charge in [-0.1, -0.05) is 6.07 Å². The summed E-state index contributed by atoms with van der Waals surface area (Å²) in [7, 11) is 1.56. The molecule has 1 atom stereocenters. The van der Waals surface area contributed by atoms with E-state index in [2.05, 4.69) is 0 Å². The quantitative estimate of drug-likeness (QED) is 0.807. The molecule has 0 amide bonds. The first-order valence-corrected chi connectivity index (χ1v) is 5.44. The number of ether oxygens (including phenoxy) is 2. The molecule has 0 aromatic heterocycles. The van der Waals surface area contributed by atoms with Crippen molar-refractivity contribution in [3.05, 3.63) is 23.3 Å². The lowest BCUT2D eigenvalue weighted by atomic mass is 9.92. The number of hydrogen-bond acceptors (Lipinski definition) is 4. The van der Waals surface area contributed by atoms with Gasteiger partial charge in [-0.15, -0.1) is 0 Å². The smallest absolute Gasteiger partial charge is 0.312 e. The van der Waals surface area contributed by atoms with Gasteiger partial charge in [0.05, 0.1) is 19.6 Å². The van der Waals surface area contributed by atoms with Gasteiger partial charge in [-0.25, -0.2) is 0 Å². The van der Waals surface area contributed by atoms with E-state index in [1.165, 1.54) is 0 Å². The number of carboxylic acids is 1. The minimum Gasteiger partial charge on any atom is -0.493 e. The van der Waals surface area contributed by atoms with Crippen molar-refractivity contribution in [3.63, 3.8) is 0 Å². The van der Waals surface area contributed by atoms with Crippen molar-refractivity contribution in [3.8, 4) is 11.5 Å². The molecular weight excluding hydrogens is 222 g/mol. The molecule has 92 valence electrons. The van der Waals surface area contributed by atoms with Crippen molar-refractivity contribution in [1.29, 1.82) is 0 Å². The van der Waals surface area contributed by atoms with E-state index in [0.717, 1.165) is 11.1 Å². The van der Waals surface area contributed by atoms with E-state index in [4.69, 9.17) is 20.3 Å². The lowest BCUT2D eigenvalue weighted by Crippen LogP contribution is -2.22. The Morgan fingerprint density at radius 2 is 2.41 bits per heavy atom. The van der Waals surface area contributed by atoms with Crippen LogP contribution >= 0.6 is 0 Å². The van der Waals surface area contributed by atoms with E-state index in [0.29, 0.717) is 24.5 Å². The zero-order valence-corrected chi connectivity index (χ0v) is 9.60. The zero-order chi connectivity index (χ0) is 12.4. The molecule has 0 aliphatic carbocycles. The molecule has 5 heteroatoms. The number of methoxy groups -OCH3 is 1. The first kappa shape index (κ1) is 11.7. The van der Waals surface area contributed by atoms with Crippen LogP contribution in [0.15, 0.2) is 12.1 Å². The van der Waals surface area contributed by atoms with Crippen LogP contribution < -0.4 is 15.2 Å². The topological polar surface area (TPSA) is 81.8 Å². The second-order valence-electron chi connectivity index (χ2n) is 3.89. The highest BCUT2D eigenvalue weighted by Crippen LogP contribution is 2.40. The van der Waals surface area contributed by atoms with Crippen molar-refractivity contribution in [2.24, 2.45) is 5.73 Å². The number of carboxylic acid groups (broad SMARTS) is 1. The maximum absolute atomic E-state index is 11.1. The van der Waals surface area contributed by atoms with Crippen LogP contribution in [0.3, 0.4) is 0 Å². The molecule has 0 bridgehead atoms. The summed E-state index contributed by atoms with van der Waals surface area (Å²) in [5.41, 5.74) is 7.15. The van der Waals surface area contributed by atoms with Crippen molar-refractivity contribution < 1.29 is 19.4 Å². The molecule has 1 unspecified atom stereocenters. The number of aliphatic carboxylic acids is 1. The maximum Gasteiger partial charge on any atom is 0.312 e. The van der Waals surface area contributed by atoms with E-state index in [1.807, 2.05) is 0 Å². The first-order chi connectivity index (χ1) is 8.19. The highest BCUT2D eigenvalue weighted by molar-refractivity contribution is 5.78. The summed E-state index contributed by atoms with van der Waals surface area (Å²) >= 11 is 0.